The molecule has 1 aromatic heterocycles. The highest BCUT2D eigenvalue weighted by Crippen LogP contribution is 2.36. The molecular weight excluding hydrogens is 444 g/mol. The van der Waals surface area contributed by atoms with E-state index in [0.29, 0.717) is 24.2 Å². The number of nitrogens with one attached hydrogen (secondary N) is 2. The highest BCUT2D eigenvalue weighted by molar-refractivity contribution is 7.08. The second kappa shape index (κ2) is 9.86. The Morgan fingerprint density at radius 1 is 1.39 bits per heavy atom. The van der Waals surface area contributed by atoms with Crippen molar-refractivity contribution in [3.8, 4) is 11.1 Å². The summed E-state index contributed by atoms with van der Waals surface area (Å²) in [5.74, 6) is -0.246. The first-order chi connectivity index (χ1) is 15.9. The zero-order valence-corrected chi connectivity index (χ0v) is 18.9. The summed E-state index contributed by atoms with van der Waals surface area (Å²) in [5, 5.41) is 21.0. The van der Waals surface area contributed by atoms with Crippen molar-refractivity contribution in [3.05, 3.63) is 74.7 Å². The standard InChI is InChI=1S/C23H24N4O5S/c1-15-10-17-13-32-8-5-18(17)22(15)25-21(12-27(30)31)24-19-4-2-3-7-26(23(19)29)11-20(28)16-6-9-33-14-16/h5-6,8-10,12-14,19,24-25H,2-4,7,11H2,1H3/t19-/m0/s1. The van der Waals surface area contributed by atoms with Crippen LogP contribution in [0.1, 0.15) is 35.2 Å². The fraction of sp³-hybridized carbons (Fsp3) is 0.304. The number of nitrogens with zero attached hydrogens (tertiary/aromatic N) is 2. The average Bonchev–Trinajstić information content (AvgIpc) is 3.38. The summed E-state index contributed by atoms with van der Waals surface area (Å²) in [4.78, 5) is 38.1. The quantitative estimate of drug-likeness (QED) is 0.290. The highest BCUT2D eigenvalue weighted by atomic mass is 32.1. The molecule has 172 valence electrons. The second-order valence-corrected chi connectivity index (χ2v) is 8.75. The van der Waals surface area contributed by atoms with Gasteiger partial charge in [0, 0.05) is 28.6 Å². The van der Waals surface area contributed by atoms with Crippen molar-refractivity contribution in [2.24, 2.45) is 0 Å². The van der Waals surface area contributed by atoms with Crippen LogP contribution in [0.3, 0.4) is 0 Å². The molecule has 1 atom stereocenters. The van der Waals surface area contributed by atoms with Gasteiger partial charge in [-0.15, -0.1) is 0 Å². The van der Waals surface area contributed by atoms with E-state index < -0.39 is 11.0 Å². The highest BCUT2D eigenvalue weighted by Gasteiger charge is 2.30. The molecule has 0 saturated carbocycles. The van der Waals surface area contributed by atoms with Gasteiger partial charge in [-0.1, -0.05) is 0 Å². The van der Waals surface area contributed by atoms with E-state index in [2.05, 4.69) is 10.6 Å². The minimum atomic E-state index is -0.682. The Bertz CT molecular complexity index is 1150. The number of likely N-dealkylation sites (tertiary alicyclic amines) is 1. The SMILES string of the molecule is Cc1cc2coccc-2c1NC(=C[N+](=O)[O-])N[C@H]1CCCCN(CC(=O)c2ccsc2)C1=O. The summed E-state index contributed by atoms with van der Waals surface area (Å²) < 4.78 is 5.20. The number of Topliss-reactive ketones (excluding diaryl/α,β-unsaturated/α-hetero) is 1. The zero-order valence-electron chi connectivity index (χ0n) is 18.1. The summed E-state index contributed by atoms with van der Waals surface area (Å²) in [5.41, 5.74) is 3.89. The van der Waals surface area contributed by atoms with E-state index in [9.17, 15) is 19.7 Å². The third-order valence-electron chi connectivity index (χ3n) is 5.64. The topological polar surface area (TPSA) is 118 Å². The van der Waals surface area contributed by atoms with E-state index >= 15 is 0 Å². The van der Waals surface area contributed by atoms with E-state index in [-0.39, 0.29) is 24.1 Å². The molecule has 2 N–H and O–H groups in total. The van der Waals surface area contributed by atoms with Crippen molar-refractivity contribution in [3.63, 3.8) is 0 Å². The van der Waals surface area contributed by atoms with Crippen molar-refractivity contribution >= 4 is 28.7 Å². The Balaban J connectivity index is 1.53. The molecule has 1 aliphatic carbocycles. The van der Waals surface area contributed by atoms with Gasteiger partial charge < -0.3 is 20.0 Å². The van der Waals surface area contributed by atoms with Gasteiger partial charge in [0.15, 0.2) is 11.6 Å². The minimum Gasteiger partial charge on any atom is -0.472 e. The number of carbonyl (C=O) groups excluding carboxylic acids is 2. The van der Waals surface area contributed by atoms with Crippen LogP contribution < -0.4 is 10.6 Å². The van der Waals surface area contributed by atoms with E-state index in [1.807, 2.05) is 18.4 Å². The fourth-order valence-corrected chi connectivity index (χ4v) is 4.68. The number of rotatable bonds is 8. The number of carbonyl (C=O) groups is 2. The third-order valence-corrected chi connectivity index (χ3v) is 6.32. The molecule has 0 spiro atoms. The van der Waals surface area contributed by atoms with Crippen molar-refractivity contribution in [2.45, 2.75) is 32.2 Å². The second-order valence-electron chi connectivity index (χ2n) is 7.97. The maximum Gasteiger partial charge on any atom is 0.274 e. The third kappa shape index (κ3) is 5.23. The Kier molecular flexibility index (Phi) is 6.74. The summed E-state index contributed by atoms with van der Waals surface area (Å²) in [6.07, 6.45) is 6.00. The molecule has 1 aromatic rings. The van der Waals surface area contributed by atoms with Crippen molar-refractivity contribution in [1.82, 2.24) is 10.2 Å². The lowest BCUT2D eigenvalue weighted by Gasteiger charge is -2.25. The van der Waals surface area contributed by atoms with Crippen LogP contribution in [-0.2, 0) is 4.79 Å². The zero-order chi connectivity index (χ0) is 23.4. The number of amides is 1. The van der Waals surface area contributed by atoms with Crippen molar-refractivity contribution in [1.29, 1.82) is 0 Å². The number of ketones is 1. The van der Waals surface area contributed by atoms with Gasteiger partial charge >= 0.3 is 0 Å². The number of hydrogen-bond acceptors (Lipinski definition) is 8. The van der Waals surface area contributed by atoms with Crippen LogP contribution in [0.5, 0.6) is 0 Å². The molecule has 0 radical (unpaired) electrons. The molecule has 33 heavy (non-hydrogen) atoms. The first kappa shape index (κ1) is 22.5. The van der Waals surface area contributed by atoms with Gasteiger partial charge in [0.1, 0.15) is 6.04 Å². The molecule has 1 amide bonds. The maximum absolute atomic E-state index is 13.2. The number of anilines is 1. The molecule has 10 heteroatoms. The first-order valence-corrected chi connectivity index (χ1v) is 11.5. The summed E-state index contributed by atoms with van der Waals surface area (Å²) in [6, 6.07) is 4.76. The van der Waals surface area contributed by atoms with Crippen LogP contribution in [0.2, 0.25) is 0 Å². The minimum absolute atomic E-state index is 0.00838. The number of thiophene rings is 1. The van der Waals surface area contributed by atoms with Gasteiger partial charge in [0.2, 0.25) is 5.91 Å². The normalized spacial score (nSPS) is 17.1. The Morgan fingerprint density at radius 3 is 3.00 bits per heavy atom. The molecule has 4 rings (SSSR count). The lowest BCUT2D eigenvalue weighted by Crippen LogP contribution is -2.47. The Morgan fingerprint density at radius 2 is 2.24 bits per heavy atom. The number of fused-ring (bicyclic) bond motifs is 1. The number of nitro groups is 1. The lowest BCUT2D eigenvalue weighted by atomic mass is 10.1. The molecule has 1 fully saturated rings. The molecule has 9 nitrogen and oxygen atoms in total. The van der Waals surface area contributed by atoms with Crippen LogP contribution in [-0.4, -0.2) is 40.6 Å². The Hall–Kier alpha value is -3.66. The van der Waals surface area contributed by atoms with E-state index in [1.165, 1.54) is 17.6 Å². The molecule has 2 aliphatic heterocycles. The molecule has 3 aliphatic rings. The van der Waals surface area contributed by atoms with Crippen molar-refractivity contribution < 1.29 is 18.9 Å². The summed E-state index contributed by atoms with van der Waals surface area (Å²) in [6.45, 7) is 2.36. The lowest BCUT2D eigenvalue weighted by molar-refractivity contribution is -0.403. The van der Waals surface area contributed by atoms with Crippen LogP contribution in [0, 0.1) is 17.0 Å². The van der Waals surface area contributed by atoms with Crippen LogP contribution in [0.15, 0.2) is 57.9 Å². The predicted octanol–water partition coefficient (Wildman–Crippen LogP) is 4.10. The number of hydrogen-bond donors (Lipinski definition) is 2. The first-order valence-electron chi connectivity index (χ1n) is 10.6. The number of aryl methyl sites for hydroxylation is 1. The van der Waals surface area contributed by atoms with Crippen molar-refractivity contribution in [2.75, 3.05) is 18.4 Å². The molecule has 0 bridgehead atoms. The average molecular weight is 469 g/mol. The van der Waals surface area contributed by atoms with E-state index in [1.54, 1.807) is 28.7 Å². The van der Waals surface area contributed by atoms with Crippen LogP contribution >= 0.6 is 11.3 Å². The van der Waals surface area contributed by atoms with Gasteiger partial charge in [-0.2, -0.15) is 11.3 Å². The molecular formula is C23H24N4O5S. The Labute approximate surface area is 194 Å². The molecule has 0 aromatic carbocycles. The largest absolute Gasteiger partial charge is 0.472 e. The smallest absolute Gasteiger partial charge is 0.274 e. The monoisotopic (exact) mass is 468 g/mol. The van der Waals surface area contributed by atoms with E-state index in [4.69, 9.17) is 4.42 Å². The van der Waals surface area contributed by atoms with Gasteiger partial charge in [-0.25, -0.2) is 0 Å². The van der Waals surface area contributed by atoms with Gasteiger partial charge in [0.05, 0.1) is 29.7 Å². The van der Waals surface area contributed by atoms with Crippen LogP contribution in [0.4, 0.5) is 5.69 Å². The fourth-order valence-electron chi connectivity index (χ4n) is 4.02. The summed E-state index contributed by atoms with van der Waals surface area (Å²) >= 11 is 1.43. The predicted molar refractivity (Wildman–Crippen MR) is 125 cm³/mol. The molecule has 1 saturated heterocycles. The summed E-state index contributed by atoms with van der Waals surface area (Å²) in [7, 11) is 0. The maximum atomic E-state index is 13.2. The van der Waals surface area contributed by atoms with Crippen LogP contribution in [0.25, 0.3) is 11.1 Å². The molecule has 3 heterocycles. The molecule has 0 unspecified atom stereocenters. The van der Waals surface area contributed by atoms with Gasteiger partial charge in [-0.05, 0) is 55.3 Å². The van der Waals surface area contributed by atoms with Gasteiger partial charge in [0.25, 0.3) is 6.20 Å². The van der Waals surface area contributed by atoms with E-state index in [0.717, 1.165) is 35.7 Å². The van der Waals surface area contributed by atoms with Gasteiger partial charge in [-0.3, -0.25) is 19.7 Å².